The highest BCUT2D eigenvalue weighted by Gasteiger charge is 2.41. The molecule has 0 aliphatic carbocycles. The number of rotatable bonds is 5. The summed E-state index contributed by atoms with van der Waals surface area (Å²) in [5, 5.41) is 17.8. The molecule has 1 heterocycles. The lowest BCUT2D eigenvalue weighted by atomic mass is 10.0. The van der Waals surface area contributed by atoms with E-state index in [0.29, 0.717) is 6.61 Å². The van der Waals surface area contributed by atoms with Crippen molar-refractivity contribution < 1.29 is 34.1 Å². The number of carboxylic acid groups (broad SMARTS) is 2. The fraction of sp³-hybridized carbons (Fsp3) is 0.308. The van der Waals surface area contributed by atoms with Gasteiger partial charge in [0.15, 0.2) is 0 Å². The molecule has 7 heteroatoms. The molecule has 1 aromatic rings. The largest absolute Gasteiger partial charge is 0.478 e. The van der Waals surface area contributed by atoms with Crippen LogP contribution >= 0.6 is 0 Å². The highest BCUT2D eigenvalue weighted by atomic mass is 16.6. The molecular formula is C13H12O7. The first-order chi connectivity index (χ1) is 9.32. The maximum Gasteiger partial charge on any atom is 0.339 e. The second-order valence-corrected chi connectivity index (χ2v) is 4.69. The molecule has 2 rings (SSSR count). The molecule has 0 amide bonds. The summed E-state index contributed by atoms with van der Waals surface area (Å²) in [5.41, 5.74) is -1.31. The minimum atomic E-state index is -1.39. The van der Waals surface area contributed by atoms with E-state index >= 15 is 0 Å². The summed E-state index contributed by atoms with van der Waals surface area (Å²) in [6.45, 7) is 2.25. The predicted molar refractivity (Wildman–Crippen MR) is 65.0 cm³/mol. The molecule has 0 aromatic heterocycles. The van der Waals surface area contributed by atoms with Crippen LogP contribution in [-0.2, 0) is 9.47 Å². The molecule has 7 nitrogen and oxygen atoms in total. The molecule has 1 fully saturated rings. The number of esters is 1. The Labute approximate surface area is 113 Å². The standard InChI is InChI=1S/C13H12O7/c1-13(6-20-13)5-19-12(18)8-3-2-7(10(14)15)4-9(8)11(16)17/h2-4H,5-6H2,1H3,(H,14,15)(H,16,17). The van der Waals surface area contributed by atoms with E-state index in [9.17, 15) is 14.4 Å². The summed E-state index contributed by atoms with van der Waals surface area (Å²) in [6, 6.07) is 3.21. The van der Waals surface area contributed by atoms with Crippen molar-refractivity contribution in [3.63, 3.8) is 0 Å². The molecule has 0 saturated carbocycles. The molecule has 106 valence electrons. The Morgan fingerprint density at radius 2 is 1.90 bits per heavy atom. The van der Waals surface area contributed by atoms with Crippen LogP contribution in [0.15, 0.2) is 18.2 Å². The van der Waals surface area contributed by atoms with Gasteiger partial charge in [0.05, 0.1) is 23.3 Å². The third kappa shape index (κ3) is 2.94. The fourth-order valence-electron chi connectivity index (χ4n) is 1.53. The SMILES string of the molecule is CC1(COC(=O)c2ccc(C(=O)O)cc2C(=O)O)CO1. The van der Waals surface area contributed by atoms with Gasteiger partial charge in [-0.2, -0.15) is 0 Å². The van der Waals surface area contributed by atoms with Crippen molar-refractivity contribution in [2.75, 3.05) is 13.2 Å². The van der Waals surface area contributed by atoms with E-state index in [1.807, 2.05) is 0 Å². The average Bonchev–Trinajstić information content (AvgIpc) is 3.13. The van der Waals surface area contributed by atoms with E-state index in [-0.39, 0.29) is 17.7 Å². The van der Waals surface area contributed by atoms with Crippen LogP contribution in [0.1, 0.15) is 38.0 Å². The Balaban J connectivity index is 2.23. The second-order valence-electron chi connectivity index (χ2n) is 4.69. The zero-order valence-electron chi connectivity index (χ0n) is 10.6. The molecule has 1 aromatic carbocycles. The number of benzene rings is 1. The molecule has 1 atom stereocenters. The summed E-state index contributed by atoms with van der Waals surface area (Å²) < 4.78 is 10.0. The second kappa shape index (κ2) is 4.93. The van der Waals surface area contributed by atoms with Crippen LogP contribution in [0.4, 0.5) is 0 Å². The third-order valence-corrected chi connectivity index (χ3v) is 2.86. The average molecular weight is 280 g/mol. The fourth-order valence-corrected chi connectivity index (χ4v) is 1.53. The molecule has 2 N–H and O–H groups in total. The first kappa shape index (κ1) is 14.0. The zero-order chi connectivity index (χ0) is 14.9. The predicted octanol–water partition coefficient (Wildman–Crippen LogP) is 1.03. The monoisotopic (exact) mass is 280 g/mol. The van der Waals surface area contributed by atoms with Crippen LogP contribution in [0.5, 0.6) is 0 Å². The van der Waals surface area contributed by atoms with Gasteiger partial charge in [-0.05, 0) is 25.1 Å². The molecular weight excluding hydrogens is 268 g/mol. The van der Waals surface area contributed by atoms with E-state index in [0.717, 1.165) is 18.2 Å². The van der Waals surface area contributed by atoms with Gasteiger partial charge in [0.2, 0.25) is 0 Å². The van der Waals surface area contributed by atoms with Crippen LogP contribution < -0.4 is 0 Å². The van der Waals surface area contributed by atoms with Crippen molar-refractivity contribution in [2.24, 2.45) is 0 Å². The van der Waals surface area contributed by atoms with Crippen LogP contribution in [0, 0.1) is 0 Å². The summed E-state index contributed by atoms with van der Waals surface area (Å²) in [7, 11) is 0. The van der Waals surface area contributed by atoms with Crippen molar-refractivity contribution >= 4 is 17.9 Å². The Kier molecular flexibility index (Phi) is 3.46. The Morgan fingerprint density at radius 3 is 2.40 bits per heavy atom. The van der Waals surface area contributed by atoms with Crippen molar-refractivity contribution in [2.45, 2.75) is 12.5 Å². The summed E-state index contributed by atoms with van der Waals surface area (Å²) in [6.07, 6.45) is 0. The number of epoxide rings is 1. The Hall–Kier alpha value is -2.41. The maximum absolute atomic E-state index is 11.8. The van der Waals surface area contributed by atoms with Crippen molar-refractivity contribution in [1.29, 1.82) is 0 Å². The molecule has 0 radical (unpaired) electrons. The quantitative estimate of drug-likeness (QED) is 0.611. The molecule has 1 unspecified atom stereocenters. The van der Waals surface area contributed by atoms with Gasteiger partial charge < -0.3 is 19.7 Å². The highest BCUT2D eigenvalue weighted by molar-refractivity contribution is 6.04. The van der Waals surface area contributed by atoms with Gasteiger partial charge >= 0.3 is 17.9 Å². The number of hydrogen-bond acceptors (Lipinski definition) is 5. The van der Waals surface area contributed by atoms with E-state index in [1.165, 1.54) is 0 Å². The van der Waals surface area contributed by atoms with E-state index in [1.54, 1.807) is 6.92 Å². The number of aromatic carboxylic acids is 2. The van der Waals surface area contributed by atoms with Gasteiger partial charge in [0.25, 0.3) is 0 Å². The van der Waals surface area contributed by atoms with Gasteiger partial charge in [-0.1, -0.05) is 0 Å². The molecule has 0 spiro atoms. The van der Waals surface area contributed by atoms with Crippen LogP contribution in [0.2, 0.25) is 0 Å². The van der Waals surface area contributed by atoms with Gasteiger partial charge in [-0.25, -0.2) is 14.4 Å². The first-order valence-electron chi connectivity index (χ1n) is 5.74. The minimum Gasteiger partial charge on any atom is -0.478 e. The Bertz CT molecular complexity index is 586. The van der Waals surface area contributed by atoms with Crippen molar-refractivity contribution in [1.82, 2.24) is 0 Å². The van der Waals surface area contributed by atoms with Crippen LogP contribution in [0.25, 0.3) is 0 Å². The van der Waals surface area contributed by atoms with E-state index in [2.05, 4.69) is 0 Å². The van der Waals surface area contributed by atoms with Gasteiger partial charge in [-0.3, -0.25) is 0 Å². The number of carbonyl (C=O) groups excluding carboxylic acids is 1. The first-order valence-corrected chi connectivity index (χ1v) is 5.74. The van der Waals surface area contributed by atoms with E-state index < -0.39 is 29.1 Å². The van der Waals surface area contributed by atoms with Gasteiger partial charge in [-0.15, -0.1) is 0 Å². The zero-order valence-corrected chi connectivity index (χ0v) is 10.6. The normalized spacial score (nSPS) is 20.2. The van der Waals surface area contributed by atoms with Crippen molar-refractivity contribution in [3.05, 3.63) is 34.9 Å². The number of carboxylic acids is 2. The third-order valence-electron chi connectivity index (χ3n) is 2.86. The Morgan fingerprint density at radius 1 is 1.25 bits per heavy atom. The van der Waals surface area contributed by atoms with Gasteiger partial charge in [0.1, 0.15) is 12.2 Å². The molecule has 20 heavy (non-hydrogen) atoms. The van der Waals surface area contributed by atoms with Crippen LogP contribution in [0.3, 0.4) is 0 Å². The smallest absolute Gasteiger partial charge is 0.339 e. The summed E-state index contributed by atoms with van der Waals surface area (Å²) >= 11 is 0. The molecule has 0 bridgehead atoms. The lowest BCUT2D eigenvalue weighted by Crippen LogP contribution is -2.20. The van der Waals surface area contributed by atoms with E-state index in [4.69, 9.17) is 19.7 Å². The molecule has 1 aliphatic heterocycles. The summed E-state index contributed by atoms with van der Waals surface area (Å²) in [5.74, 6) is -3.49. The highest BCUT2D eigenvalue weighted by Crippen LogP contribution is 2.26. The number of carbonyl (C=O) groups is 3. The number of ether oxygens (including phenoxy) is 2. The minimum absolute atomic E-state index is 0.0194. The lowest BCUT2D eigenvalue weighted by Gasteiger charge is -2.09. The lowest BCUT2D eigenvalue weighted by molar-refractivity contribution is 0.0403. The molecule has 1 aliphatic rings. The number of hydrogen-bond donors (Lipinski definition) is 2. The van der Waals surface area contributed by atoms with Gasteiger partial charge in [0, 0.05) is 0 Å². The topological polar surface area (TPSA) is 113 Å². The summed E-state index contributed by atoms with van der Waals surface area (Å²) in [4.78, 5) is 33.7. The molecule has 1 saturated heterocycles. The van der Waals surface area contributed by atoms with Crippen molar-refractivity contribution in [3.8, 4) is 0 Å². The van der Waals surface area contributed by atoms with Crippen LogP contribution in [-0.4, -0.2) is 46.9 Å². The maximum atomic E-state index is 11.8.